The average molecular weight is 432 g/mol. The summed E-state index contributed by atoms with van der Waals surface area (Å²) in [4.78, 5) is 11.6. The lowest BCUT2D eigenvalue weighted by Crippen LogP contribution is -2.55. The molecule has 0 saturated carbocycles. The van der Waals surface area contributed by atoms with Crippen LogP contribution in [0.3, 0.4) is 0 Å². The molecule has 29 heavy (non-hydrogen) atoms. The second kappa shape index (κ2) is 7.67. The summed E-state index contributed by atoms with van der Waals surface area (Å²) in [5, 5.41) is 0.622. The lowest BCUT2D eigenvalue weighted by atomic mass is 10.1. The fourth-order valence-electron chi connectivity index (χ4n) is 3.14. The topological polar surface area (TPSA) is 76.8 Å². The Bertz CT molecular complexity index is 1200. The molecular formula is C21H18ClNO5S. The van der Waals surface area contributed by atoms with Crippen molar-refractivity contribution in [2.24, 2.45) is 0 Å². The van der Waals surface area contributed by atoms with E-state index in [2.05, 4.69) is 0 Å². The first-order valence-electron chi connectivity index (χ1n) is 8.96. The van der Waals surface area contributed by atoms with Gasteiger partial charge in [-0.15, -0.1) is 0 Å². The van der Waals surface area contributed by atoms with Gasteiger partial charge in [-0.05, 0) is 42.3 Å². The highest BCUT2D eigenvalue weighted by atomic mass is 35.5. The first-order valence-corrected chi connectivity index (χ1v) is 10.8. The van der Waals surface area contributed by atoms with Gasteiger partial charge in [0.25, 0.3) is 0 Å². The molecule has 0 spiro atoms. The SMILES string of the molecule is Cc1cc(OC2CN(S(=O)(=O)c3ccc(-c4cccc(Cl)c4)cc3)C2)cc(=O)o1. The van der Waals surface area contributed by atoms with Crippen LogP contribution in [-0.4, -0.2) is 31.9 Å². The number of hydrogen-bond acceptors (Lipinski definition) is 5. The Morgan fingerprint density at radius 2 is 1.76 bits per heavy atom. The highest BCUT2D eigenvalue weighted by Crippen LogP contribution is 2.28. The zero-order chi connectivity index (χ0) is 20.6. The van der Waals surface area contributed by atoms with Gasteiger partial charge in [-0.1, -0.05) is 35.9 Å². The molecule has 4 rings (SSSR count). The van der Waals surface area contributed by atoms with Gasteiger partial charge in [0.05, 0.1) is 24.1 Å². The Labute approximate surface area is 173 Å². The second-order valence-electron chi connectivity index (χ2n) is 6.82. The maximum absolute atomic E-state index is 12.8. The Morgan fingerprint density at radius 1 is 1.03 bits per heavy atom. The second-order valence-corrected chi connectivity index (χ2v) is 9.19. The molecule has 1 aromatic heterocycles. The van der Waals surface area contributed by atoms with Crippen LogP contribution in [-0.2, 0) is 10.0 Å². The normalized spacial score (nSPS) is 15.1. The summed E-state index contributed by atoms with van der Waals surface area (Å²) in [5.74, 6) is 0.822. The van der Waals surface area contributed by atoms with Gasteiger partial charge in [-0.2, -0.15) is 4.31 Å². The fourth-order valence-corrected chi connectivity index (χ4v) is 4.84. The van der Waals surface area contributed by atoms with Crippen molar-refractivity contribution in [1.29, 1.82) is 0 Å². The van der Waals surface area contributed by atoms with E-state index in [-0.39, 0.29) is 24.1 Å². The number of hydrogen-bond donors (Lipinski definition) is 0. The lowest BCUT2D eigenvalue weighted by Gasteiger charge is -2.37. The van der Waals surface area contributed by atoms with E-state index in [4.69, 9.17) is 20.8 Å². The van der Waals surface area contributed by atoms with Crippen molar-refractivity contribution in [3.63, 3.8) is 0 Å². The third-order valence-corrected chi connectivity index (χ3v) is 6.72. The third-order valence-electron chi connectivity index (χ3n) is 4.63. The van der Waals surface area contributed by atoms with Crippen LogP contribution >= 0.6 is 11.6 Å². The van der Waals surface area contributed by atoms with Gasteiger partial charge in [0, 0.05) is 11.1 Å². The molecule has 6 nitrogen and oxygen atoms in total. The van der Waals surface area contributed by atoms with Gasteiger partial charge in [-0.25, -0.2) is 13.2 Å². The monoisotopic (exact) mass is 431 g/mol. The fraction of sp³-hybridized carbons (Fsp3) is 0.190. The Balaban J connectivity index is 1.43. The van der Waals surface area contributed by atoms with E-state index < -0.39 is 15.6 Å². The Morgan fingerprint density at radius 3 is 2.41 bits per heavy atom. The first-order chi connectivity index (χ1) is 13.8. The van der Waals surface area contributed by atoms with Gasteiger partial charge in [0.15, 0.2) is 0 Å². The van der Waals surface area contributed by atoms with Gasteiger partial charge in [0.1, 0.15) is 17.6 Å². The molecule has 3 aromatic rings. The molecule has 0 aliphatic carbocycles. The summed E-state index contributed by atoms with van der Waals surface area (Å²) in [6, 6.07) is 16.9. The number of benzene rings is 2. The molecule has 0 N–H and O–H groups in total. The van der Waals surface area contributed by atoms with Crippen molar-refractivity contribution in [2.75, 3.05) is 13.1 Å². The lowest BCUT2D eigenvalue weighted by molar-refractivity contribution is 0.0754. The predicted octanol–water partition coefficient (Wildman–Crippen LogP) is 3.72. The van der Waals surface area contributed by atoms with Gasteiger partial charge in [-0.3, -0.25) is 0 Å². The summed E-state index contributed by atoms with van der Waals surface area (Å²) in [6.07, 6.45) is -0.309. The number of halogens is 1. The molecule has 8 heteroatoms. The van der Waals surface area contributed by atoms with Crippen molar-refractivity contribution in [3.05, 3.63) is 81.9 Å². The number of sulfonamides is 1. The highest BCUT2D eigenvalue weighted by molar-refractivity contribution is 7.89. The molecule has 1 aliphatic heterocycles. The van der Waals surface area contributed by atoms with Crippen LogP contribution in [0, 0.1) is 6.92 Å². The standard InChI is InChI=1S/C21H18ClNO5S/c1-14-9-18(11-21(24)27-14)28-19-12-23(13-19)29(25,26)20-7-5-15(6-8-20)16-3-2-4-17(22)10-16/h2-11,19H,12-13H2,1H3. The quantitative estimate of drug-likeness (QED) is 0.615. The van der Waals surface area contributed by atoms with E-state index in [0.717, 1.165) is 11.1 Å². The molecule has 0 amide bonds. The molecule has 2 heterocycles. The molecule has 0 atom stereocenters. The van der Waals surface area contributed by atoms with E-state index >= 15 is 0 Å². The summed E-state index contributed by atoms with van der Waals surface area (Å²) in [7, 11) is -3.60. The zero-order valence-corrected chi connectivity index (χ0v) is 17.1. The summed E-state index contributed by atoms with van der Waals surface area (Å²) < 4.78 is 37.5. The number of nitrogens with zero attached hydrogens (tertiary/aromatic N) is 1. The molecule has 0 unspecified atom stereocenters. The van der Waals surface area contributed by atoms with Crippen LogP contribution in [0.2, 0.25) is 5.02 Å². The average Bonchev–Trinajstić information content (AvgIpc) is 2.63. The molecule has 0 radical (unpaired) electrons. The number of aryl methyl sites for hydroxylation is 1. The van der Waals surface area contributed by atoms with Crippen molar-refractivity contribution < 1.29 is 17.6 Å². The molecule has 1 fully saturated rings. The minimum absolute atomic E-state index is 0.220. The van der Waals surface area contributed by atoms with Gasteiger partial charge >= 0.3 is 5.63 Å². The van der Waals surface area contributed by atoms with E-state index in [0.29, 0.717) is 16.5 Å². The molecule has 1 saturated heterocycles. The summed E-state index contributed by atoms with van der Waals surface area (Å²) in [5.41, 5.74) is 1.31. The van der Waals surface area contributed by atoms with Gasteiger partial charge < -0.3 is 9.15 Å². The van der Waals surface area contributed by atoms with Crippen molar-refractivity contribution >= 4 is 21.6 Å². The molecule has 0 bridgehead atoms. The molecule has 150 valence electrons. The Hall–Kier alpha value is -2.61. The van der Waals surface area contributed by atoms with E-state index in [9.17, 15) is 13.2 Å². The van der Waals surface area contributed by atoms with Crippen molar-refractivity contribution in [2.45, 2.75) is 17.9 Å². The Kier molecular flexibility index (Phi) is 5.21. The zero-order valence-electron chi connectivity index (χ0n) is 15.5. The van der Waals surface area contributed by atoms with Crippen LogP contribution in [0.5, 0.6) is 5.75 Å². The maximum Gasteiger partial charge on any atom is 0.339 e. The van der Waals surface area contributed by atoms with Crippen LogP contribution in [0.1, 0.15) is 5.76 Å². The van der Waals surface area contributed by atoms with Crippen LogP contribution < -0.4 is 10.4 Å². The predicted molar refractivity (Wildman–Crippen MR) is 110 cm³/mol. The molecule has 2 aromatic carbocycles. The van der Waals surface area contributed by atoms with Crippen molar-refractivity contribution in [1.82, 2.24) is 4.31 Å². The van der Waals surface area contributed by atoms with E-state index in [1.807, 2.05) is 18.2 Å². The van der Waals surface area contributed by atoms with Gasteiger partial charge in [0.2, 0.25) is 10.0 Å². The molecule has 1 aliphatic rings. The van der Waals surface area contributed by atoms with Crippen LogP contribution in [0.15, 0.2) is 74.8 Å². The third kappa shape index (κ3) is 4.22. The van der Waals surface area contributed by atoms with Crippen LogP contribution in [0.25, 0.3) is 11.1 Å². The minimum atomic E-state index is -3.60. The largest absolute Gasteiger partial charge is 0.487 e. The smallest absolute Gasteiger partial charge is 0.339 e. The number of rotatable bonds is 5. The minimum Gasteiger partial charge on any atom is -0.487 e. The van der Waals surface area contributed by atoms with E-state index in [1.165, 1.54) is 10.4 Å². The number of ether oxygens (including phenoxy) is 1. The molecular weight excluding hydrogens is 414 g/mol. The summed E-state index contributed by atoms with van der Waals surface area (Å²) >= 11 is 6.02. The van der Waals surface area contributed by atoms with E-state index in [1.54, 1.807) is 43.3 Å². The van der Waals surface area contributed by atoms with Crippen LogP contribution in [0.4, 0.5) is 0 Å². The summed E-state index contributed by atoms with van der Waals surface area (Å²) in [6.45, 7) is 2.09. The highest BCUT2D eigenvalue weighted by Gasteiger charge is 2.38. The first kappa shape index (κ1) is 19.7. The maximum atomic E-state index is 12.8. The van der Waals surface area contributed by atoms with Crippen molar-refractivity contribution in [3.8, 4) is 16.9 Å².